The molecule has 5 heteroatoms. The van der Waals surface area contributed by atoms with Crippen molar-refractivity contribution in [3.63, 3.8) is 0 Å². The zero-order chi connectivity index (χ0) is 13.9. The third kappa shape index (κ3) is 3.05. The standard InChI is InChI=1S/C15H23N3OS/c1-12(10-17-6-2-3-7-17)11-18-14(19)9-16-15(18)13-5-4-8-20-13/h4-5,8,12,15-16H,2-3,6-7,9-11H2,1H3. The summed E-state index contributed by atoms with van der Waals surface area (Å²) in [6.45, 7) is 7.15. The van der Waals surface area contributed by atoms with E-state index in [4.69, 9.17) is 0 Å². The van der Waals surface area contributed by atoms with Crippen LogP contribution in [-0.4, -0.2) is 48.4 Å². The molecule has 4 nitrogen and oxygen atoms in total. The maximum Gasteiger partial charge on any atom is 0.238 e. The van der Waals surface area contributed by atoms with Crippen LogP contribution < -0.4 is 5.32 Å². The second-order valence-electron chi connectivity index (χ2n) is 5.96. The summed E-state index contributed by atoms with van der Waals surface area (Å²) < 4.78 is 0. The molecule has 2 atom stereocenters. The van der Waals surface area contributed by atoms with Gasteiger partial charge in [-0.05, 0) is 43.3 Å². The number of nitrogens with zero attached hydrogens (tertiary/aromatic N) is 2. The summed E-state index contributed by atoms with van der Waals surface area (Å²) in [5.41, 5.74) is 0. The van der Waals surface area contributed by atoms with Crippen molar-refractivity contribution >= 4 is 17.2 Å². The van der Waals surface area contributed by atoms with E-state index in [1.807, 2.05) is 4.90 Å². The monoisotopic (exact) mass is 293 g/mol. The van der Waals surface area contributed by atoms with Crippen LogP contribution in [0.1, 0.15) is 30.8 Å². The van der Waals surface area contributed by atoms with Gasteiger partial charge in [-0.15, -0.1) is 11.3 Å². The van der Waals surface area contributed by atoms with Crippen molar-refractivity contribution in [3.8, 4) is 0 Å². The fraction of sp³-hybridized carbons (Fsp3) is 0.667. The Morgan fingerprint density at radius 1 is 1.40 bits per heavy atom. The molecule has 20 heavy (non-hydrogen) atoms. The number of amides is 1. The second kappa shape index (κ2) is 6.24. The summed E-state index contributed by atoms with van der Waals surface area (Å²) in [6, 6.07) is 4.16. The quantitative estimate of drug-likeness (QED) is 0.901. The lowest BCUT2D eigenvalue weighted by Gasteiger charge is -2.28. The minimum absolute atomic E-state index is 0.0866. The Balaban J connectivity index is 1.60. The minimum atomic E-state index is 0.0866. The molecule has 3 rings (SSSR count). The fourth-order valence-electron chi connectivity index (χ4n) is 3.25. The van der Waals surface area contributed by atoms with E-state index >= 15 is 0 Å². The molecule has 1 aromatic heterocycles. The van der Waals surface area contributed by atoms with Gasteiger partial charge in [0.2, 0.25) is 5.91 Å². The molecule has 3 heterocycles. The minimum Gasteiger partial charge on any atom is -0.321 e. The molecule has 0 aliphatic carbocycles. The van der Waals surface area contributed by atoms with E-state index in [9.17, 15) is 4.79 Å². The first-order valence-electron chi connectivity index (χ1n) is 7.52. The molecule has 0 aromatic carbocycles. The van der Waals surface area contributed by atoms with Gasteiger partial charge in [0.15, 0.2) is 0 Å². The second-order valence-corrected chi connectivity index (χ2v) is 6.94. The predicted octanol–water partition coefficient (Wildman–Crippen LogP) is 1.91. The maximum atomic E-state index is 12.1. The SMILES string of the molecule is CC(CN1CCCC1)CN1C(=O)CNC1c1cccs1. The maximum absolute atomic E-state index is 12.1. The molecule has 110 valence electrons. The number of thiophene rings is 1. The van der Waals surface area contributed by atoms with Crippen molar-refractivity contribution < 1.29 is 4.79 Å². The van der Waals surface area contributed by atoms with Crippen molar-refractivity contribution in [2.24, 2.45) is 5.92 Å². The molecule has 0 radical (unpaired) electrons. The number of nitrogens with one attached hydrogen (secondary N) is 1. The average molecular weight is 293 g/mol. The Morgan fingerprint density at radius 3 is 2.90 bits per heavy atom. The highest BCUT2D eigenvalue weighted by atomic mass is 32.1. The molecule has 2 aliphatic heterocycles. The molecular formula is C15H23N3OS. The van der Waals surface area contributed by atoms with Crippen LogP contribution >= 0.6 is 11.3 Å². The Kier molecular flexibility index (Phi) is 4.38. The third-order valence-corrected chi connectivity index (χ3v) is 5.09. The van der Waals surface area contributed by atoms with Crippen LogP contribution in [0.2, 0.25) is 0 Å². The summed E-state index contributed by atoms with van der Waals surface area (Å²) in [6.07, 6.45) is 2.74. The van der Waals surface area contributed by atoms with Gasteiger partial charge in [0, 0.05) is 18.0 Å². The van der Waals surface area contributed by atoms with Gasteiger partial charge in [-0.2, -0.15) is 0 Å². The van der Waals surface area contributed by atoms with E-state index in [2.05, 4.69) is 34.7 Å². The molecule has 1 N–H and O–H groups in total. The molecule has 2 unspecified atom stereocenters. The number of hydrogen-bond acceptors (Lipinski definition) is 4. The summed E-state index contributed by atoms with van der Waals surface area (Å²) in [5, 5.41) is 5.41. The molecule has 1 amide bonds. The Morgan fingerprint density at radius 2 is 2.20 bits per heavy atom. The van der Waals surface area contributed by atoms with Crippen LogP contribution in [0.15, 0.2) is 17.5 Å². The molecular weight excluding hydrogens is 270 g/mol. The normalized spacial score (nSPS) is 25.6. The first-order chi connectivity index (χ1) is 9.74. The van der Waals surface area contributed by atoms with E-state index < -0.39 is 0 Å². The van der Waals surface area contributed by atoms with Crippen LogP contribution in [0, 0.1) is 5.92 Å². The lowest BCUT2D eigenvalue weighted by molar-refractivity contribution is -0.128. The van der Waals surface area contributed by atoms with E-state index in [1.165, 1.54) is 30.8 Å². The van der Waals surface area contributed by atoms with Crippen molar-refractivity contribution in [2.45, 2.75) is 25.9 Å². The third-order valence-electron chi connectivity index (χ3n) is 4.17. The van der Waals surface area contributed by atoms with Gasteiger partial charge in [0.1, 0.15) is 6.17 Å². The van der Waals surface area contributed by atoms with Gasteiger partial charge in [0.05, 0.1) is 6.54 Å². The molecule has 1 aromatic rings. The van der Waals surface area contributed by atoms with Crippen molar-refractivity contribution in [1.82, 2.24) is 15.1 Å². The zero-order valence-electron chi connectivity index (χ0n) is 12.0. The Labute approximate surface area is 124 Å². The van der Waals surface area contributed by atoms with Gasteiger partial charge in [-0.25, -0.2) is 0 Å². The Bertz CT molecular complexity index is 442. The van der Waals surface area contributed by atoms with Gasteiger partial charge in [-0.1, -0.05) is 13.0 Å². The lowest BCUT2D eigenvalue weighted by atomic mass is 10.1. The fourth-order valence-corrected chi connectivity index (χ4v) is 4.06. The van der Waals surface area contributed by atoms with Crippen LogP contribution in [0.4, 0.5) is 0 Å². The number of likely N-dealkylation sites (tertiary alicyclic amines) is 1. The van der Waals surface area contributed by atoms with Gasteiger partial charge >= 0.3 is 0 Å². The summed E-state index contributed by atoms with van der Waals surface area (Å²) in [5.74, 6) is 0.760. The summed E-state index contributed by atoms with van der Waals surface area (Å²) >= 11 is 1.72. The number of rotatable bonds is 5. The topological polar surface area (TPSA) is 35.6 Å². The van der Waals surface area contributed by atoms with Crippen LogP contribution in [0.3, 0.4) is 0 Å². The summed E-state index contributed by atoms with van der Waals surface area (Å²) in [4.78, 5) is 17.9. The van der Waals surface area contributed by atoms with Crippen molar-refractivity contribution in [3.05, 3.63) is 22.4 Å². The number of carbonyl (C=O) groups excluding carboxylic acids is 1. The van der Waals surface area contributed by atoms with E-state index in [-0.39, 0.29) is 12.1 Å². The van der Waals surface area contributed by atoms with Crippen molar-refractivity contribution in [1.29, 1.82) is 0 Å². The van der Waals surface area contributed by atoms with Gasteiger partial charge in [-0.3, -0.25) is 10.1 Å². The first-order valence-corrected chi connectivity index (χ1v) is 8.40. The van der Waals surface area contributed by atoms with E-state index in [0.717, 1.165) is 13.1 Å². The van der Waals surface area contributed by atoms with Gasteiger partial charge in [0.25, 0.3) is 0 Å². The highest BCUT2D eigenvalue weighted by Gasteiger charge is 2.33. The van der Waals surface area contributed by atoms with Crippen molar-refractivity contribution in [2.75, 3.05) is 32.7 Å². The molecule has 0 bridgehead atoms. The Hall–Kier alpha value is -0.910. The molecule has 2 fully saturated rings. The molecule has 2 saturated heterocycles. The first kappa shape index (κ1) is 14.0. The van der Waals surface area contributed by atoms with Crippen LogP contribution in [0.5, 0.6) is 0 Å². The predicted molar refractivity (Wildman–Crippen MR) is 81.6 cm³/mol. The summed E-state index contributed by atoms with van der Waals surface area (Å²) in [7, 11) is 0. The largest absolute Gasteiger partial charge is 0.321 e. The molecule has 0 spiro atoms. The lowest BCUT2D eigenvalue weighted by Crippen LogP contribution is -2.37. The van der Waals surface area contributed by atoms with Crippen LogP contribution in [-0.2, 0) is 4.79 Å². The van der Waals surface area contributed by atoms with Gasteiger partial charge < -0.3 is 9.80 Å². The van der Waals surface area contributed by atoms with E-state index in [0.29, 0.717) is 12.5 Å². The highest BCUT2D eigenvalue weighted by molar-refractivity contribution is 7.10. The zero-order valence-corrected chi connectivity index (χ0v) is 12.9. The molecule has 2 aliphatic rings. The molecule has 0 saturated carbocycles. The number of hydrogen-bond donors (Lipinski definition) is 1. The van der Waals surface area contributed by atoms with E-state index in [1.54, 1.807) is 11.3 Å². The smallest absolute Gasteiger partial charge is 0.238 e. The highest BCUT2D eigenvalue weighted by Crippen LogP contribution is 2.27. The number of carbonyl (C=O) groups is 1. The van der Waals surface area contributed by atoms with Crippen LogP contribution in [0.25, 0.3) is 0 Å². The average Bonchev–Trinajstić information content (AvgIpc) is 3.13.